The van der Waals surface area contributed by atoms with Crippen LogP contribution in [0.1, 0.15) is 0 Å². The monoisotopic (exact) mass is 231 g/mol. The molecule has 2 fully saturated rings. The van der Waals surface area contributed by atoms with Crippen LogP contribution in [0.3, 0.4) is 0 Å². The Balaban J connectivity index is 1.67. The summed E-state index contributed by atoms with van der Waals surface area (Å²) in [4.78, 5) is 6.79. The third kappa shape index (κ3) is 1.18. The molecule has 1 spiro atoms. The second-order valence-corrected chi connectivity index (χ2v) is 4.99. The van der Waals surface area contributed by atoms with E-state index >= 15 is 0 Å². The molecule has 2 aromatic rings. The molecule has 4 heterocycles. The van der Waals surface area contributed by atoms with E-state index in [1.165, 1.54) is 0 Å². The number of hydrogen-bond acceptors (Lipinski definition) is 5. The number of rotatable bonds is 1. The van der Waals surface area contributed by atoms with Crippen LogP contribution in [-0.4, -0.2) is 40.9 Å². The van der Waals surface area contributed by atoms with E-state index in [0.717, 1.165) is 37.8 Å². The summed E-state index contributed by atoms with van der Waals surface area (Å²) in [6.07, 6.45) is 1.71. The fourth-order valence-electron chi connectivity index (χ4n) is 2.58. The lowest BCUT2D eigenvalue weighted by Crippen LogP contribution is -2.66. The number of ether oxygens (including phenoxy) is 1. The summed E-state index contributed by atoms with van der Waals surface area (Å²) in [6, 6.07) is 3.74. The summed E-state index contributed by atoms with van der Waals surface area (Å²) in [6.45, 7) is 3.80. The molecule has 2 N–H and O–H groups in total. The van der Waals surface area contributed by atoms with Crippen molar-refractivity contribution in [1.29, 1.82) is 0 Å². The van der Waals surface area contributed by atoms with Crippen LogP contribution in [-0.2, 0) is 4.74 Å². The van der Waals surface area contributed by atoms with Gasteiger partial charge < -0.3 is 15.4 Å². The molecule has 0 saturated carbocycles. The predicted octanol–water partition coefficient (Wildman–Crippen LogP) is 0.148. The van der Waals surface area contributed by atoms with Crippen molar-refractivity contribution < 1.29 is 4.74 Å². The Kier molecular flexibility index (Phi) is 1.57. The normalized spacial score (nSPS) is 21.5. The van der Waals surface area contributed by atoms with Crippen molar-refractivity contribution in [3.05, 3.63) is 18.3 Å². The van der Waals surface area contributed by atoms with Crippen LogP contribution in [0.25, 0.3) is 5.65 Å². The van der Waals surface area contributed by atoms with E-state index < -0.39 is 0 Å². The molecule has 0 aliphatic carbocycles. The molecule has 2 aliphatic rings. The Morgan fingerprint density at radius 2 is 2.18 bits per heavy atom. The molecule has 0 aromatic carbocycles. The van der Waals surface area contributed by atoms with E-state index in [1.807, 2.05) is 12.1 Å². The van der Waals surface area contributed by atoms with Gasteiger partial charge >= 0.3 is 0 Å². The van der Waals surface area contributed by atoms with Crippen molar-refractivity contribution >= 4 is 17.3 Å². The van der Waals surface area contributed by atoms with Crippen molar-refractivity contribution in [2.45, 2.75) is 0 Å². The third-order valence-corrected chi connectivity index (χ3v) is 3.57. The molecule has 0 bridgehead atoms. The minimum atomic E-state index is 0.392. The molecule has 6 nitrogen and oxygen atoms in total. The highest BCUT2D eigenvalue weighted by Gasteiger charge is 2.49. The van der Waals surface area contributed by atoms with Crippen LogP contribution in [0.2, 0.25) is 0 Å². The summed E-state index contributed by atoms with van der Waals surface area (Å²) in [7, 11) is 0. The van der Waals surface area contributed by atoms with Gasteiger partial charge in [-0.2, -0.15) is 9.61 Å². The molecule has 0 atom stereocenters. The smallest absolute Gasteiger partial charge is 0.159 e. The van der Waals surface area contributed by atoms with Gasteiger partial charge in [0.2, 0.25) is 0 Å². The summed E-state index contributed by atoms with van der Waals surface area (Å²) in [5.74, 6) is 1.56. The average Bonchev–Trinajstić information content (AvgIpc) is 2.61. The summed E-state index contributed by atoms with van der Waals surface area (Å²) in [5.41, 5.74) is 7.13. The standard InChI is InChI=1S/C11H13N5O/c12-8-3-10(14-9-1-2-13-16(8)9)15-4-11(5-15)6-17-7-11/h1-3H,4-7,12H2. The molecule has 6 heteroatoms. The summed E-state index contributed by atoms with van der Waals surface area (Å²) in [5, 5.41) is 4.11. The van der Waals surface area contributed by atoms with E-state index in [4.69, 9.17) is 10.5 Å². The first-order valence-corrected chi connectivity index (χ1v) is 5.69. The van der Waals surface area contributed by atoms with E-state index in [9.17, 15) is 0 Å². The van der Waals surface area contributed by atoms with Gasteiger partial charge in [-0.25, -0.2) is 4.98 Å². The van der Waals surface area contributed by atoms with E-state index in [0.29, 0.717) is 11.2 Å². The van der Waals surface area contributed by atoms with Gasteiger partial charge in [-0.3, -0.25) is 0 Å². The minimum Gasteiger partial charge on any atom is -0.383 e. The molecule has 0 amide bonds. The van der Waals surface area contributed by atoms with Crippen LogP contribution in [0.4, 0.5) is 11.6 Å². The van der Waals surface area contributed by atoms with Crippen LogP contribution in [0.5, 0.6) is 0 Å². The number of nitrogen functional groups attached to an aromatic ring is 1. The van der Waals surface area contributed by atoms with Crippen molar-refractivity contribution in [1.82, 2.24) is 14.6 Å². The first kappa shape index (κ1) is 9.23. The fraction of sp³-hybridized carbons (Fsp3) is 0.455. The highest BCUT2D eigenvalue weighted by atomic mass is 16.5. The Hall–Kier alpha value is -1.82. The number of nitrogens with two attached hydrogens (primary N) is 1. The number of aromatic nitrogens is 3. The SMILES string of the molecule is Nc1cc(N2CC3(COC3)C2)nc2ccnn12. The second-order valence-electron chi connectivity index (χ2n) is 4.99. The lowest BCUT2D eigenvalue weighted by molar-refractivity contribution is -0.127. The van der Waals surface area contributed by atoms with E-state index in [1.54, 1.807) is 10.7 Å². The van der Waals surface area contributed by atoms with E-state index in [-0.39, 0.29) is 0 Å². The van der Waals surface area contributed by atoms with Crippen molar-refractivity contribution in [3.8, 4) is 0 Å². The summed E-state index contributed by atoms with van der Waals surface area (Å²) < 4.78 is 6.90. The molecule has 2 aliphatic heterocycles. The number of nitrogens with zero attached hydrogens (tertiary/aromatic N) is 4. The Bertz CT molecular complexity index is 581. The first-order chi connectivity index (χ1) is 8.26. The Labute approximate surface area is 98.0 Å². The molecular formula is C11H13N5O. The van der Waals surface area contributed by atoms with Gasteiger partial charge in [0.25, 0.3) is 0 Å². The topological polar surface area (TPSA) is 68.7 Å². The zero-order valence-corrected chi connectivity index (χ0v) is 9.33. The second kappa shape index (κ2) is 2.89. The molecule has 2 aromatic heterocycles. The van der Waals surface area contributed by atoms with Crippen LogP contribution < -0.4 is 10.6 Å². The molecule has 2 saturated heterocycles. The van der Waals surface area contributed by atoms with Crippen LogP contribution in [0, 0.1) is 5.41 Å². The van der Waals surface area contributed by atoms with Gasteiger partial charge in [-0.15, -0.1) is 0 Å². The highest BCUT2D eigenvalue weighted by molar-refractivity contribution is 5.57. The number of hydrogen-bond donors (Lipinski definition) is 1. The lowest BCUT2D eigenvalue weighted by atomic mass is 9.78. The maximum Gasteiger partial charge on any atom is 0.159 e. The van der Waals surface area contributed by atoms with E-state index in [2.05, 4.69) is 15.0 Å². The fourth-order valence-corrected chi connectivity index (χ4v) is 2.58. The largest absolute Gasteiger partial charge is 0.383 e. The zero-order chi connectivity index (χ0) is 11.5. The van der Waals surface area contributed by atoms with Crippen LogP contribution >= 0.6 is 0 Å². The molecule has 4 rings (SSSR count). The number of anilines is 2. The van der Waals surface area contributed by atoms with Gasteiger partial charge in [0.1, 0.15) is 11.6 Å². The van der Waals surface area contributed by atoms with Gasteiger partial charge in [0, 0.05) is 25.2 Å². The molecule has 0 radical (unpaired) electrons. The van der Waals surface area contributed by atoms with Gasteiger partial charge in [-0.05, 0) is 0 Å². The van der Waals surface area contributed by atoms with Gasteiger partial charge in [-0.1, -0.05) is 0 Å². The minimum absolute atomic E-state index is 0.392. The average molecular weight is 231 g/mol. The number of fused-ring (bicyclic) bond motifs is 1. The predicted molar refractivity (Wildman–Crippen MR) is 62.9 cm³/mol. The third-order valence-electron chi connectivity index (χ3n) is 3.57. The molecule has 88 valence electrons. The van der Waals surface area contributed by atoms with Crippen molar-refractivity contribution in [3.63, 3.8) is 0 Å². The van der Waals surface area contributed by atoms with Gasteiger partial charge in [0.05, 0.1) is 24.8 Å². The van der Waals surface area contributed by atoms with Crippen LogP contribution in [0.15, 0.2) is 18.3 Å². The van der Waals surface area contributed by atoms with Gasteiger partial charge in [0.15, 0.2) is 5.65 Å². The Morgan fingerprint density at radius 1 is 1.35 bits per heavy atom. The summed E-state index contributed by atoms with van der Waals surface area (Å²) >= 11 is 0. The maximum atomic E-state index is 5.94. The maximum absolute atomic E-state index is 5.94. The lowest BCUT2D eigenvalue weighted by Gasteiger charge is -2.55. The van der Waals surface area contributed by atoms with Crippen molar-refractivity contribution in [2.24, 2.45) is 5.41 Å². The zero-order valence-electron chi connectivity index (χ0n) is 9.33. The van der Waals surface area contributed by atoms with Crippen molar-refractivity contribution in [2.75, 3.05) is 36.9 Å². The molecule has 17 heavy (non-hydrogen) atoms. The highest BCUT2D eigenvalue weighted by Crippen LogP contribution is 2.39. The molecule has 0 unspecified atom stereocenters. The Morgan fingerprint density at radius 3 is 2.88 bits per heavy atom. The quantitative estimate of drug-likeness (QED) is 0.756. The molecular weight excluding hydrogens is 218 g/mol. The first-order valence-electron chi connectivity index (χ1n) is 5.69.